The van der Waals surface area contributed by atoms with E-state index < -0.39 is 16.1 Å². The molecule has 0 saturated carbocycles. The minimum atomic E-state index is -3.55. The third-order valence-corrected chi connectivity index (χ3v) is 7.86. The molecule has 0 saturated heterocycles. The van der Waals surface area contributed by atoms with E-state index in [0.29, 0.717) is 21.6 Å². The number of anilines is 2. The minimum Gasteiger partial charge on any atom is -0.368 e. The number of nitrogens with zero attached hydrogens (tertiary/aromatic N) is 4. The van der Waals surface area contributed by atoms with E-state index in [1.807, 2.05) is 24.3 Å². The number of carbonyl (C=O) groups is 1. The molecule has 2 aromatic carbocycles. The lowest BCUT2D eigenvalue weighted by atomic mass is 10.2. The summed E-state index contributed by atoms with van der Waals surface area (Å²) in [6, 6.07) is 12.7. The van der Waals surface area contributed by atoms with Crippen LogP contribution in [0.3, 0.4) is 0 Å². The number of halogens is 1. The molecule has 1 heterocycles. The summed E-state index contributed by atoms with van der Waals surface area (Å²) in [6.07, 6.45) is 0. The molecule has 170 valence electrons. The standard InChI is InChI=1S/C20H23ClN6O3S2/c1-13(18(28)23-15-8-10-16(11-9-15)32(29,30)26(2)3)27-19(22)24-25-20(27)31-12-14-6-4-5-7-17(14)21/h4-11,13H,12H2,1-3H3,(H2,22,24)(H,23,28). The molecule has 9 nitrogen and oxygen atoms in total. The summed E-state index contributed by atoms with van der Waals surface area (Å²) in [5.74, 6) is 0.301. The van der Waals surface area contributed by atoms with Crippen molar-refractivity contribution >= 4 is 50.9 Å². The van der Waals surface area contributed by atoms with Gasteiger partial charge in [-0.1, -0.05) is 41.6 Å². The fourth-order valence-electron chi connectivity index (χ4n) is 2.79. The molecule has 0 aliphatic rings. The molecule has 12 heteroatoms. The first kappa shape index (κ1) is 24.1. The van der Waals surface area contributed by atoms with Gasteiger partial charge >= 0.3 is 0 Å². The number of nitrogen functional groups attached to an aromatic ring is 1. The maximum atomic E-state index is 12.8. The Morgan fingerprint density at radius 1 is 1.19 bits per heavy atom. The van der Waals surface area contributed by atoms with Gasteiger partial charge in [0, 0.05) is 30.6 Å². The number of hydrogen-bond acceptors (Lipinski definition) is 7. The molecule has 0 aliphatic carbocycles. The van der Waals surface area contributed by atoms with Gasteiger partial charge in [0.15, 0.2) is 5.16 Å². The van der Waals surface area contributed by atoms with Crippen molar-refractivity contribution in [2.75, 3.05) is 25.1 Å². The molecule has 1 aromatic heterocycles. The average Bonchev–Trinajstić information content (AvgIpc) is 3.13. The second kappa shape index (κ2) is 9.90. The van der Waals surface area contributed by atoms with Crippen LogP contribution in [0.25, 0.3) is 0 Å². The van der Waals surface area contributed by atoms with Gasteiger partial charge in [0.1, 0.15) is 6.04 Å². The number of nitrogens with one attached hydrogen (secondary N) is 1. The minimum absolute atomic E-state index is 0.113. The zero-order valence-corrected chi connectivity index (χ0v) is 20.1. The number of hydrogen-bond donors (Lipinski definition) is 2. The van der Waals surface area contributed by atoms with Crippen molar-refractivity contribution in [3.8, 4) is 0 Å². The zero-order chi connectivity index (χ0) is 23.5. The molecule has 0 spiro atoms. The maximum absolute atomic E-state index is 12.8. The Hall–Kier alpha value is -2.60. The quantitative estimate of drug-likeness (QED) is 0.460. The molecule has 0 aliphatic heterocycles. The summed E-state index contributed by atoms with van der Waals surface area (Å²) >= 11 is 7.58. The Morgan fingerprint density at radius 3 is 2.47 bits per heavy atom. The molecule has 0 radical (unpaired) electrons. The molecular formula is C20H23ClN6O3S2. The first-order chi connectivity index (χ1) is 15.1. The summed E-state index contributed by atoms with van der Waals surface area (Å²) in [6.45, 7) is 1.68. The van der Waals surface area contributed by atoms with E-state index in [-0.39, 0.29) is 16.8 Å². The summed E-state index contributed by atoms with van der Waals surface area (Å²) in [7, 11) is -0.634. The van der Waals surface area contributed by atoms with Crippen LogP contribution >= 0.6 is 23.4 Å². The second-order valence-corrected chi connectivity index (χ2v) is 10.6. The van der Waals surface area contributed by atoms with Crippen LogP contribution in [-0.2, 0) is 20.6 Å². The molecule has 1 amide bonds. The van der Waals surface area contributed by atoms with E-state index in [0.717, 1.165) is 9.87 Å². The van der Waals surface area contributed by atoms with Crippen LogP contribution in [-0.4, -0.2) is 47.5 Å². The van der Waals surface area contributed by atoms with Crippen LogP contribution in [0, 0.1) is 0 Å². The van der Waals surface area contributed by atoms with Crippen LogP contribution in [0.1, 0.15) is 18.5 Å². The Bertz CT molecular complexity index is 1210. The predicted octanol–water partition coefficient (Wildman–Crippen LogP) is 3.26. The molecule has 0 bridgehead atoms. The third kappa shape index (κ3) is 5.23. The fourth-order valence-corrected chi connectivity index (χ4v) is 5.00. The van der Waals surface area contributed by atoms with Gasteiger partial charge in [-0.15, -0.1) is 10.2 Å². The highest BCUT2D eigenvalue weighted by Crippen LogP contribution is 2.29. The summed E-state index contributed by atoms with van der Waals surface area (Å²) in [5.41, 5.74) is 7.35. The normalized spacial score (nSPS) is 12.7. The summed E-state index contributed by atoms with van der Waals surface area (Å²) < 4.78 is 27.0. The number of carbonyl (C=O) groups excluding carboxylic acids is 1. The molecule has 1 atom stereocenters. The van der Waals surface area contributed by atoms with E-state index in [9.17, 15) is 13.2 Å². The van der Waals surface area contributed by atoms with Crippen molar-refractivity contribution in [3.05, 3.63) is 59.1 Å². The molecule has 32 heavy (non-hydrogen) atoms. The smallest absolute Gasteiger partial charge is 0.247 e. The first-order valence-corrected chi connectivity index (χ1v) is 12.3. The number of thioether (sulfide) groups is 1. The van der Waals surface area contributed by atoms with Crippen LogP contribution in [0.5, 0.6) is 0 Å². The van der Waals surface area contributed by atoms with Crippen molar-refractivity contribution in [2.45, 2.75) is 28.8 Å². The van der Waals surface area contributed by atoms with E-state index in [1.54, 1.807) is 11.5 Å². The van der Waals surface area contributed by atoms with Crippen LogP contribution < -0.4 is 11.1 Å². The van der Waals surface area contributed by atoms with Gasteiger partial charge in [0.2, 0.25) is 21.9 Å². The average molecular weight is 495 g/mol. The first-order valence-electron chi connectivity index (χ1n) is 9.51. The van der Waals surface area contributed by atoms with Gasteiger partial charge in [-0.3, -0.25) is 9.36 Å². The molecule has 3 aromatic rings. The lowest BCUT2D eigenvalue weighted by molar-refractivity contribution is -0.118. The number of amides is 1. The van der Waals surface area contributed by atoms with Gasteiger partial charge in [0.25, 0.3) is 0 Å². The van der Waals surface area contributed by atoms with E-state index in [4.69, 9.17) is 17.3 Å². The highest BCUT2D eigenvalue weighted by atomic mass is 35.5. The Labute approximate surface area is 196 Å². The van der Waals surface area contributed by atoms with Gasteiger partial charge in [-0.05, 0) is 42.8 Å². The summed E-state index contributed by atoms with van der Waals surface area (Å²) in [4.78, 5) is 13.0. The highest BCUT2D eigenvalue weighted by molar-refractivity contribution is 7.98. The number of rotatable bonds is 8. The zero-order valence-electron chi connectivity index (χ0n) is 17.7. The van der Waals surface area contributed by atoms with Crippen molar-refractivity contribution in [3.63, 3.8) is 0 Å². The second-order valence-electron chi connectivity index (χ2n) is 7.07. The molecule has 3 rings (SSSR count). The molecular weight excluding hydrogens is 472 g/mol. The monoisotopic (exact) mass is 494 g/mol. The highest BCUT2D eigenvalue weighted by Gasteiger charge is 2.23. The number of sulfonamides is 1. The SMILES string of the molecule is CC(C(=O)Nc1ccc(S(=O)(=O)N(C)C)cc1)n1c(N)nnc1SCc1ccccc1Cl. The van der Waals surface area contributed by atoms with Crippen LogP contribution in [0.2, 0.25) is 5.02 Å². The summed E-state index contributed by atoms with van der Waals surface area (Å²) in [5, 5.41) is 11.9. The van der Waals surface area contributed by atoms with E-state index >= 15 is 0 Å². The van der Waals surface area contributed by atoms with Crippen molar-refractivity contribution in [1.82, 2.24) is 19.1 Å². The topological polar surface area (TPSA) is 123 Å². The largest absolute Gasteiger partial charge is 0.368 e. The number of benzene rings is 2. The van der Waals surface area contributed by atoms with Crippen molar-refractivity contribution < 1.29 is 13.2 Å². The Morgan fingerprint density at radius 2 is 1.84 bits per heavy atom. The van der Waals surface area contributed by atoms with Crippen molar-refractivity contribution in [1.29, 1.82) is 0 Å². The molecule has 1 unspecified atom stereocenters. The van der Waals surface area contributed by atoms with E-state index in [2.05, 4.69) is 15.5 Å². The van der Waals surface area contributed by atoms with Gasteiger partial charge in [0.05, 0.1) is 4.90 Å². The lowest BCUT2D eigenvalue weighted by Gasteiger charge is -2.17. The Balaban J connectivity index is 1.72. The third-order valence-electron chi connectivity index (χ3n) is 4.67. The van der Waals surface area contributed by atoms with Gasteiger partial charge < -0.3 is 11.1 Å². The van der Waals surface area contributed by atoms with Gasteiger partial charge in [-0.2, -0.15) is 0 Å². The lowest BCUT2D eigenvalue weighted by Crippen LogP contribution is -2.25. The molecule has 0 fully saturated rings. The van der Waals surface area contributed by atoms with Crippen LogP contribution in [0.15, 0.2) is 58.6 Å². The number of aromatic nitrogens is 3. The fraction of sp³-hybridized carbons (Fsp3) is 0.250. The van der Waals surface area contributed by atoms with Gasteiger partial charge in [-0.25, -0.2) is 12.7 Å². The van der Waals surface area contributed by atoms with Crippen LogP contribution in [0.4, 0.5) is 11.6 Å². The Kier molecular flexibility index (Phi) is 7.44. The van der Waals surface area contributed by atoms with E-state index in [1.165, 1.54) is 50.1 Å². The maximum Gasteiger partial charge on any atom is 0.247 e. The van der Waals surface area contributed by atoms with Crippen molar-refractivity contribution in [2.24, 2.45) is 0 Å². The number of nitrogens with two attached hydrogens (primary N) is 1. The molecule has 3 N–H and O–H groups in total. The predicted molar refractivity (Wildman–Crippen MR) is 126 cm³/mol.